The molecule has 18 heavy (non-hydrogen) atoms. The molecule has 1 N–H and O–H groups in total. The second kappa shape index (κ2) is 4.92. The highest BCUT2D eigenvalue weighted by atomic mass is 16.2. The van der Waals surface area contributed by atoms with Gasteiger partial charge in [0.1, 0.15) is 0 Å². The molecule has 1 fully saturated rings. The van der Waals surface area contributed by atoms with Crippen molar-refractivity contribution in [3.63, 3.8) is 0 Å². The highest BCUT2D eigenvalue weighted by molar-refractivity contribution is 5.97. The minimum atomic E-state index is -0.138. The predicted molar refractivity (Wildman–Crippen MR) is 70.0 cm³/mol. The number of anilines is 2. The van der Waals surface area contributed by atoms with Crippen LogP contribution in [0.2, 0.25) is 0 Å². The number of rotatable bonds is 2. The van der Waals surface area contributed by atoms with Crippen LogP contribution in [0.5, 0.6) is 0 Å². The largest absolute Gasteiger partial charge is 0.326 e. The van der Waals surface area contributed by atoms with Gasteiger partial charge in [-0.3, -0.25) is 9.59 Å². The maximum atomic E-state index is 11.8. The maximum Gasteiger partial charge on any atom is 0.228 e. The van der Waals surface area contributed by atoms with Crippen molar-refractivity contribution in [2.24, 2.45) is 5.92 Å². The third-order valence-electron chi connectivity index (χ3n) is 2.84. The van der Waals surface area contributed by atoms with E-state index in [0.717, 1.165) is 5.69 Å². The number of nitrogens with zero attached hydrogens (tertiary/aromatic N) is 1. The van der Waals surface area contributed by atoms with Crippen LogP contribution in [0, 0.1) is 18.3 Å². The summed E-state index contributed by atoms with van der Waals surface area (Å²) in [5.41, 5.74) is 1.45. The van der Waals surface area contributed by atoms with Crippen LogP contribution in [-0.4, -0.2) is 18.4 Å². The van der Waals surface area contributed by atoms with Crippen molar-refractivity contribution >= 4 is 23.2 Å². The normalized spacial score (nSPS) is 18.6. The van der Waals surface area contributed by atoms with E-state index in [4.69, 9.17) is 6.42 Å². The zero-order chi connectivity index (χ0) is 13.1. The van der Waals surface area contributed by atoms with E-state index in [-0.39, 0.29) is 17.7 Å². The number of amides is 2. The molecule has 0 bridgehead atoms. The van der Waals surface area contributed by atoms with Crippen LogP contribution >= 0.6 is 0 Å². The summed E-state index contributed by atoms with van der Waals surface area (Å²) in [6.07, 6.45) is 5.74. The van der Waals surface area contributed by atoms with Crippen molar-refractivity contribution in [1.29, 1.82) is 0 Å². The molecule has 1 aliphatic heterocycles. The molecule has 1 aromatic rings. The molecule has 0 saturated carbocycles. The van der Waals surface area contributed by atoms with Crippen molar-refractivity contribution in [2.45, 2.75) is 13.3 Å². The van der Waals surface area contributed by atoms with Gasteiger partial charge in [-0.1, -0.05) is 6.07 Å². The molecule has 0 aliphatic carbocycles. The number of hydrogen-bond donors (Lipinski definition) is 1. The fourth-order valence-corrected chi connectivity index (χ4v) is 2.02. The Balaban J connectivity index is 2.21. The average Bonchev–Trinajstić information content (AvgIpc) is 2.70. The van der Waals surface area contributed by atoms with Crippen LogP contribution < -0.4 is 10.2 Å². The Bertz CT molecular complexity index is 531. The molecule has 1 aromatic carbocycles. The van der Waals surface area contributed by atoms with E-state index in [9.17, 15) is 9.59 Å². The van der Waals surface area contributed by atoms with E-state index in [2.05, 4.69) is 11.2 Å². The van der Waals surface area contributed by atoms with Crippen molar-refractivity contribution in [3.05, 3.63) is 24.3 Å². The van der Waals surface area contributed by atoms with E-state index in [1.165, 1.54) is 6.92 Å². The van der Waals surface area contributed by atoms with Gasteiger partial charge in [0, 0.05) is 37.2 Å². The number of benzene rings is 1. The maximum absolute atomic E-state index is 11.8. The molecule has 1 aliphatic rings. The molecule has 4 nitrogen and oxygen atoms in total. The number of carbonyl (C=O) groups excluding carboxylic acids is 2. The summed E-state index contributed by atoms with van der Waals surface area (Å²) in [5, 5.41) is 2.69. The van der Waals surface area contributed by atoms with E-state index < -0.39 is 0 Å². The molecule has 1 saturated heterocycles. The first kappa shape index (κ1) is 12.2. The lowest BCUT2D eigenvalue weighted by atomic mass is 10.1. The zero-order valence-corrected chi connectivity index (χ0v) is 10.1. The number of nitrogens with one attached hydrogen (secondary N) is 1. The molecular weight excluding hydrogens is 228 g/mol. The second-order valence-electron chi connectivity index (χ2n) is 4.30. The lowest BCUT2D eigenvalue weighted by Crippen LogP contribution is -2.24. The Morgan fingerprint density at radius 3 is 2.94 bits per heavy atom. The van der Waals surface area contributed by atoms with E-state index in [1.807, 2.05) is 6.07 Å². The quantitative estimate of drug-likeness (QED) is 0.801. The summed E-state index contributed by atoms with van der Waals surface area (Å²) in [6.45, 7) is 1.99. The fourth-order valence-electron chi connectivity index (χ4n) is 2.02. The molecule has 0 aromatic heterocycles. The third-order valence-corrected chi connectivity index (χ3v) is 2.84. The smallest absolute Gasteiger partial charge is 0.228 e. The van der Waals surface area contributed by atoms with Gasteiger partial charge in [0.2, 0.25) is 11.8 Å². The van der Waals surface area contributed by atoms with Crippen molar-refractivity contribution in [1.82, 2.24) is 0 Å². The first-order chi connectivity index (χ1) is 8.60. The van der Waals surface area contributed by atoms with Crippen LogP contribution in [0.4, 0.5) is 11.4 Å². The summed E-state index contributed by atoms with van der Waals surface area (Å²) >= 11 is 0. The summed E-state index contributed by atoms with van der Waals surface area (Å²) in [6, 6.07) is 7.20. The minimum absolute atomic E-state index is 0.0259. The Morgan fingerprint density at radius 1 is 1.56 bits per heavy atom. The first-order valence-corrected chi connectivity index (χ1v) is 5.74. The molecule has 1 heterocycles. The van der Waals surface area contributed by atoms with Gasteiger partial charge < -0.3 is 10.2 Å². The third kappa shape index (κ3) is 2.51. The summed E-state index contributed by atoms with van der Waals surface area (Å²) in [7, 11) is 0. The topological polar surface area (TPSA) is 49.4 Å². The Morgan fingerprint density at radius 2 is 2.33 bits per heavy atom. The van der Waals surface area contributed by atoms with Crippen LogP contribution in [0.25, 0.3) is 0 Å². The van der Waals surface area contributed by atoms with Gasteiger partial charge in [-0.05, 0) is 18.2 Å². The standard InChI is InChI=1S/C14H14N2O2/c1-3-11-7-14(18)16(9-11)13-6-4-5-12(8-13)15-10(2)17/h1,4-6,8,11H,7,9H2,2H3,(H,15,17). The van der Waals surface area contributed by atoms with Crippen LogP contribution in [0.15, 0.2) is 24.3 Å². The molecule has 0 radical (unpaired) electrons. The van der Waals surface area contributed by atoms with Crippen molar-refractivity contribution in [2.75, 3.05) is 16.8 Å². The molecule has 92 valence electrons. The highest BCUT2D eigenvalue weighted by Crippen LogP contribution is 2.26. The Kier molecular flexibility index (Phi) is 3.33. The monoisotopic (exact) mass is 242 g/mol. The van der Waals surface area contributed by atoms with Gasteiger partial charge in [0.25, 0.3) is 0 Å². The summed E-state index contributed by atoms with van der Waals surface area (Å²) in [5.74, 6) is 2.47. The lowest BCUT2D eigenvalue weighted by molar-refractivity contribution is -0.117. The van der Waals surface area contributed by atoms with Gasteiger partial charge >= 0.3 is 0 Å². The minimum Gasteiger partial charge on any atom is -0.326 e. The first-order valence-electron chi connectivity index (χ1n) is 5.74. The Hall–Kier alpha value is -2.28. The summed E-state index contributed by atoms with van der Waals surface area (Å²) < 4.78 is 0. The van der Waals surface area contributed by atoms with Crippen LogP contribution in [0.3, 0.4) is 0 Å². The van der Waals surface area contributed by atoms with E-state index in [1.54, 1.807) is 23.1 Å². The van der Waals surface area contributed by atoms with E-state index >= 15 is 0 Å². The fraction of sp³-hybridized carbons (Fsp3) is 0.286. The highest BCUT2D eigenvalue weighted by Gasteiger charge is 2.29. The average molecular weight is 242 g/mol. The Labute approximate surface area is 106 Å². The molecular formula is C14H14N2O2. The van der Waals surface area contributed by atoms with Gasteiger partial charge in [-0.2, -0.15) is 0 Å². The molecule has 0 spiro atoms. The van der Waals surface area contributed by atoms with Gasteiger partial charge in [-0.15, -0.1) is 12.3 Å². The number of terminal acetylenes is 1. The number of carbonyl (C=O) groups is 2. The predicted octanol–water partition coefficient (Wildman–Crippen LogP) is 1.63. The van der Waals surface area contributed by atoms with Gasteiger partial charge in [0.15, 0.2) is 0 Å². The van der Waals surface area contributed by atoms with Gasteiger partial charge in [0.05, 0.1) is 0 Å². The molecule has 1 unspecified atom stereocenters. The van der Waals surface area contributed by atoms with Crippen molar-refractivity contribution in [3.8, 4) is 12.3 Å². The zero-order valence-electron chi connectivity index (χ0n) is 10.1. The SMILES string of the molecule is C#CC1CC(=O)N(c2cccc(NC(C)=O)c2)C1. The van der Waals surface area contributed by atoms with E-state index in [0.29, 0.717) is 18.7 Å². The molecule has 2 amide bonds. The molecule has 4 heteroatoms. The second-order valence-corrected chi connectivity index (χ2v) is 4.30. The lowest BCUT2D eigenvalue weighted by Gasteiger charge is -2.17. The van der Waals surface area contributed by atoms with Crippen molar-refractivity contribution < 1.29 is 9.59 Å². The number of hydrogen-bond acceptors (Lipinski definition) is 2. The van der Waals surface area contributed by atoms with Crippen LogP contribution in [0.1, 0.15) is 13.3 Å². The van der Waals surface area contributed by atoms with Crippen LogP contribution in [-0.2, 0) is 9.59 Å². The molecule has 1 atom stereocenters. The summed E-state index contributed by atoms with van der Waals surface area (Å²) in [4.78, 5) is 24.5. The van der Waals surface area contributed by atoms with Gasteiger partial charge in [-0.25, -0.2) is 0 Å². The molecule has 2 rings (SSSR count).